The Morgan fingerprint density at radius 1 is 1.12 bits per heavy atom. The van der Waals surface area contributed by atoms with Gasteiger partial charge in [-0.05, 0) is 18.9 Å². The Hall–Kier alpha value is -1.64. The lowest BCUT2D eigenvalue weighted by atomic mass is 10.0. The first-order valence-corrected chi connectivity index (χ1v) is 5.91. The first-order chi connectivity index (χ1) is 8.09. The van der Waals surface area contributed by atoms with Crippen molar-refractivity contribution in [2.75, 3.05) is 0 Å². The van der Waals surface area contributed by atoms with Gasteiger partial charge in [0.15, 0.2) is 5.78 Å². The van der Waals surface area contributed by atoms with Gasteiger partial charge in [0.2, 0.25) is 5.91 Å². The van der Waals surface area contributed by atoms with Gasteiger partial charge in [0, 0.05) is 6.92 Å². The molecule has 0 heterocycles. The standard InChI is InChI=1S/C12H15NO2.C2H6/c1-9(14)12(13-10(2)15)8-11-6-4-3-5-7-11;1-2/h3-7,12H,8H2,1-2H3,(H,13,15);1-2H3/t12-;/m1./s1. The van der Waals surface area contributed by atoms with E-state index in [-0.39, 0.29) is 11.7 Å². The van der Waals surface area contributed by atoms with Crippen LogP contribution in [0.1, 0.15) is 33.3 Å². The normalized spacial score (nSPS) is 10.8. The highest BCUT2D eigenvalue weighted by molar-refractivity contribution is 5.86. The molecule has 0 aliphatic carbocycles. The molecular formula is C14H21NO2. The maximum absolute atomic E-state index is 11.3. The zero-order valence-electron chi connectivity index (χ0n) is 11.0. The lowest BCUT2D eigenvalue weighted by Gasteiger charge is -2.14. The summed E-state index contributed by atoms with van der Waals surface area (Å²) in [6, 6.07) is 9.23. The minimum Gasteiger partial charge on any atom is -0.346 e. The van der Waals surface area contributed by atoms with E-state index in [0.29, 0.717) is 6.42 Å². The predicted molar refractivity (Wildman–Crippen MR) is 69.8 cm³/mol. The minimum absolute atomic E-state index is 0.0194. The Bertz CT molecular complexity index is 346. The quantitative estimate of drug-likeness (QED) is 0.870. The van der Waals surface area contributed by atoms with Crippen molar-refractivity contribution in [3.05, 3.63) is 35.9 Å². The highest BCUT2D eigenvalue weighted by Crippen LogP contribution is 2.03. The highest BCUT2D eigenvalue weighted by atomic mass is 16.2. The van der Waals surface area contributed by atoms with E-state index in [1.165, 1.54) is 13.8 Å². The molecule has 0 spiro atoms. The van der Waals surface area contributed by atoms with E-state index < -0.39 is 6.04 Å². The molecular weight excluding hydrogens is 214 g/mol. The molecule has 1 amide bonds. The van der Waals surface area contributed by atoms with Crippen LogP contribution in [0.2, 0.25) is 0 Å². The number of amides is 1. The van der Waals surface area contributed by atoms with Gasteiger partial charge in [0.25, 0.3) is 0 Å². The van der Waals surface area contributed by atoms with Gasteiger partial charge >= 0.3 is 0 Å². The summed E-state index contributed by atoms with van der Waals surface area (Å²) in [6.07, 6.45) is 0.551. The summed E-state index contributed by atoms with van der Waals surface area (Å²) in [5, 5.41) is 2.64. The zero-order chi connectivity index (χ0) is 13.3. The van der Waals surface area contributed by atoms with Crippen molar-refractivity contribution < 1.29 is 9.59 Å². The Morgan fingerprint density at radius 2 is 1.65 bits per heavy atom. The topological polar surface area (TPSA) is 46.2 Å². The van der Waals surface area contributed by atoms with Crippen molar-refractivity contribution in [2.45, 2.75) is 40.2 Å². The van der Waals surface area contributed by atoms with Gasteiger partial charge in [0.05, 0.1) is 6.04 Å². The number of carbonyl (C=O) groups excluding carboxylic acids is 2. The monoisotopic (exact) mass is 235 g/mol. The minimum atomic E-state index is -0.412. The van der Waals surface area contributed by atoms with Crippen molar-refractivity contribution >= 4 is 11.7 Å². The van der Waals surface area contributed by atoms with E-state index in [4.69, 9.17) is 0 Å². The molecule has 1 rings (SSSR count). The molecule has 94 valence electrons. The van der Waals surface area contributed by atoms with Crippen LogP contribution in [-0.2, 0) is 16.0 Å². The third kappa shape index (κ3) is 6.51. The van der Waals surface area contributed by atoms with Crippen LogP contribution in [0.5, 0.6) is 0 Å². The molecule has 0 unspecified atom stereocenters. The molecule has 3 heteroatoms. The summed E-state index contributed by atoms with van der Waals surface area (Å²) in [5.74, 6) is -0.194. The van der Waals surface area contributed by atoms with Crippen LogP contribution in [-0.4, -0.2) is 17.7 Å². The van der Waals surface area contributed by atoms with E-state index in [9.17, 15) is 9.59 Å². The summed E-state index contributed by atoms with van der Waals surface area (Å²) in [7, 11) is 0. The van der Waals surface area contributed by atoms with Crippen LogP contribution >= 0.6 is 0 Å². The Kier molecular flexibility index (Phi) is 7.68. The van der Waals surface area contributed by atoms with Gasteiger partial charge in [-0.3, -0.25) is 9.59 Å². The molecule has 0 saturated heterocycles. The molecule has 0 aliphatic rings. The van der Waals surface area contributed by atoms with E-state index >= 15 is 0 Å². The summed E-state index contributed by atoms with van der Waals surface area (Å²) >= 11 is 0. The molecule has 1 N–H and O–H groups in total. The SMILES string of the molecule is CC.CC(=O)N[C@H](Cc1ccccc1)C(C)=O. The van der Waals surface area contributed by atoms with Crippen LogP contribution in [0.15, 0.2) is 30.3 Å². The lowest BCUT2D eigenvalue weighted by molar-refractivity contribution is -0.125. The second kappa shape index (κ2) is 8.50. The first kappa shape index (κ1) is 15.4. The van der Waals surface area contributed by atoms with E-state index in [1.807, 2.05) is 44.2 Å². The number of rotatable bonds is 4. The fraction of sp³-hybridized carbons (Fsp3) is 0.429. The predicted octanol–water partition coefficient (Wildman–Crippen LogP) is 2.35. The van der Waals surface area contributed by atoms with Crippen LogP contribution < -0.4 is 5.32 Å². The summed E-state index contributed by atoms with van der Waals surface area (Å²) < 4.78 is 0. The number of nitrogens with one attached hydrogen (secondary N) is 1. The molecule has 0 saturated carbocycles. The highest BCUT2D eigenvalue weighted by Gasteiger charge is 2.15. The molecule has 1 aromatic carbocycles. The largest absolute Gasteiger partial charge is 0.346 e. The van der Waals surface area contributed by atoms with Gasteiger partial charge in [-0.25, -0.2) is 0 Å². The van der Waals surface area contributed by atoms with Gasteiger partial charge in [-0.2, -0.15) is 0 Å². The Morgan fingerprint density at radius 3 is 2.06 bits per heavy atom. The number of ketones is 1. The second-order valence-electron chi connectivity index (χ2n) is 3.55. The zero-order valence-corrected chi connectivity index (χ0v) is 11.0. The Labute approximate surface area is 103 Å². The third-order valence-corrected chi connectivity index (χ3v) is 2.15. The fourth-order valence-corrected chi connectivity index (χ4v) is 1.39. The van der Waals surface area contributed by atoms with Crippen LogP contribution in [0.4, 0.5) is 0 Å². The average molecular weight is 235 g/mol. The maximum atomic E-state index is 11.3. The fourth-order valence-electron chi connectivity index (χ4n) is 1.39. The molecule has 0 bridgehead atoms. The molecule has 17 heavy (non-hydrogen) atoms. The van der Waals surface area contributed by atoms with Crippen molar-refractivity contribution in [3.63, 3.8) is 0 Å². The molecule has 1 aromatic rings. The first-order valence-electron chi connectivity index (χ1n) is 5.91. The molecule has 0 aromatic heterocycles. The average Bonchev–Trinajstić information content (AvgIpc) is 2.31. The second-order valence-corrected chi connectivity index (χ2v) is 3.55. The van der Waals surface area contributed by atoms with Gasteiger partial charge in [0.1, 0.15) is 0 Å². The number of hydrogen-bond acceptors (Lipinski definition) is 2. The van der Waals surface area contributed by atoms with Crippen LogP contribution in [0, 0.1) is 0 Å². The third-order valence-electron chi connectivity index (χ3n) is 2.15. The Balaban J connectivity index is 0.00000121. The molecule has 1 atom stereocenters. The summed E-state index contributed by atoms with van der Waals surface area (Å²) in [6.45, 7) is 6.91. The lowest BCUT2D eigenvalue weighted by Crippen LogP contribution is -2.40. The van der Waals surface area contributed by atoms with Crippen molar-refractivity contribution in [3.8, 4) is 0 Å². The van der Waals surface area contributed by atoms with Gasteiger partial charge < -0.3 is 5.32 Å². The molecule has 0 fully saturated rings. The number of Topliss-reactive ketones (excluding diaryl/α,β-unsaturated/α-hetero) is 1. The number of carbonyl (C=O) groups is 2. The van der Waals surface area contributed by atoms with E-state index in [1.54, 1.807) is 0 Å². The van der Waals surface area contributed by atoms with Gasteiger partial charge in [-0.15, -0.1) is 0 Å². The summed E-state index contributed by atoms with van der Waals surface area (Å²) in [4.78, 5) is 22.2. The van der Waals surface area contributed by atoms with Gasteiger partial charge in [-0.1, -0.05) is 44.2 Å². The van der Waals surface area contributed by atoms with E-state index in [0.717, 1.165) is 5.56 Å². The van der Waals surface area contributed by atoms with Crippen molar-refractivity contribution in [1.82, 2.24) is 5.32 Å². The summed E-state index contributed by atoms with van der Waals surface area (Å²) in [5.41, 5.74) is 1.05. The molecule has 0 aliphatic heterocycles. The van der Waals surface area contributed by atoms with Crippen molar-refractivity contribution in [2.24, 2.45) is 0 Å². The van der Waals surface area contributed by atoms with Crippen LogP contribution in [0.3, 0.4) is 0 Å². The molecule has 3 nitrogen and oxygen atoms in total. The smallest absolute Gasteiger partial charge is 0.217 e. The number of hydrogen-bond donors (Lipinski definition) is 1. The van der Waals surface area contributed by atoms with Crippen molar-refractivity contribution in [1.29, 1.82) is 0 Å². The molecule has 0 radical (unpaired) electrons. The van der Waals surface area contributed by atoms with Crippen LogP contribution in [0.25, 0.3) is 0 Å². The van der Waals surface area contributed by atoms with E-state index in [2.05, 4.69) is 5.32 Å². The maximum Gasteiger partial charge on any atom is 0.217 e. The number of benzene rings is 1.